The number of carbonyl (C=O) groups excluding carboxylic acids is 1. The fourth-order valence-electron chi connectivity index (χ4n) is 1.68. The largest absolute Gasteiger partial charge is 0.493 e. The van der Waals surface area contributed by atoms with Gasteiger partial charge in [-0.3, -0.25) is 0 Å². The van der Waals surface area contributed by atoms with Crippen molar-refractivity contribution in [3.8, 4) is 17.2 Å². The van der Waals surface area contributed by atoms with Crippen LogP contribution in [-0.2, 0) is 4.74 Å². The highest BCUT2D eigenvalue weighted by atomic mass is 16.5. The van der Waals surface area contributed by atoms with Crippen LogP contribution < -0.4 is 14.2 Å². The highest BCUT2D eigenvalue weighted by Crippen LogP contribution is 2.38. The summed E-state index contributed by atoms with van der Waals surface area (Å²) < 4.78 is 21.1. The fourth-order valence-corrected chi connectivity index (χ4v) is 1.68. The summed E-state index contributed by atoms with van der Waals surface area (Å²) in [5.41, 5.74) is 0.387. The molecule has 0 aliphatic heterocycles. The first-order valence-electron chi connectivity index (χ1n) is 6.73. The lowest BCUT2D eigenvalue weighted by Gasteiger charge is -2.15. The fraction of sp³-hybridized carbons (Fsp3) is 0.533. The van der Waals surface area contributed by atoms with Crippen LogP contribution in [0.15, 0.2) is 12.1 Å². The summed E-state index contributed by atoms with van der Waals surface area (Å²) in [6.07, 6.45) is 1.82. The predicted molar refractivity (Wildman–Crippen MR) is 75.9 cm³/mol. The monoisotopic (exact) mass is 282 g/mol. The number of methoxy groups -OCH3 is 2. The van der Waals surface area contributed by atoms with Gasteiger partial charge < -0.3 is 18.9 Å². The summed E-state index contributed by atoms with van der Waals surface area (Å²) in [5, 5.41) is 0. The summed E-state index contributed by atoms with van der Waals surface area (Å²) in [4.78, 5) is 12.0. The highest BCUT2D eigenvalue weighted by molar-refractivity contribution is 5.91. The van der Waals surface area contributed by atoms with Crippen molar-refractivity contribution < 1.29 is 23.7 Å². The Morgan fingerprint density at radius 2 is 1.70 bits per heavy atom. The van der Waals surface area contributed by atoms with Gasteiger partial charge in [-0.2, -0.15) is 0 Å². The molecule has 112 valence electrons. The van der Waals surface area contributed by atoms with Crippen LogP contribution in [0, 0.1) is 0 Å². The minimum absolute atomic E-state index is 0.387. The van der Waals surface area contributed by atoms with E-state index in [9.17, 15) is 4.79 Å². The van der Waals surface area contributed by atoms with E-state index >= 15 is 0 Å². The summed E-state index contributed by atoms with van der Waals surface area (Å²) >= 11 is 0. The van der Waals surface area contributed by atoms with Gasteiger partial charge in [0.25, 0.3) is 0 Å². The molecular weight excluding hydrogens is 260 g/mol. The van der Waals surface area contributed by atoms with E-state index in [1.807, 2.05) is 13.8 Å². The molecule has 0 saturated carbocycles. The third kappa shape index (κ3) is 4.05. The van der Waals surface area contributed by atoms with Crippen LogP contribution in [0.25, 0.3) is 0 Å². The zero-order valence-corrected chi connectivity index (χ0v) is 12.5. The number of rotatable bonds is 8. The summed E-state index contributed by atoms with van der Waals surface area (Å²) in [5.74, 6) is 1.00. The normalized spacial score (nSPS) is 10.0. The number of hydrogen-bond donors (Lipinski definition) is 0. The maximum Gasteiger partial charge on any atom is 0.338 e. The van der Waals surface area contributed by atoms with Crippen molar-refractivity contribution in [2.24, 2.45) is 0 Å². The third-order valence-electron chi connectivity index (χ3n) is 2.72. The molecule has 0 aromatic heterocycles. The smallest absolute Gasteiger partial charge is 0.338 e. The van der Waals surface area contributed by atoms with Gasteiger partial charge in [0.1, 0.15) is 0 Å². The Morgan fingerprint density at radius 1 is 1.10 bits per heavy atom. The van der Waals surface area contributed by atoms with Gasteiger partial charge >= 0.3 is 5.97 Å². The molecule has 0 bridgehead atoms. The van der Waals surface area contributed by atoms with Crippen molar-refractivity contribution in [3.63, 3.8) is 0 Å². The van der Waals surface area contributed by atoms with Gasteiger partial charge in [-0.05, 0) is 25.5 Å². The molecular formula is C15H22O5. The Hall–Kier alpha value is -1.91. The second-order valence-corrected chi connectivity index (χ2v) is 4.13. The molecule has 0 fully saturated rings. The van der Waals surface area contributed by atoms with E-state index in [0.717, 1.165) is 12.8 Å². The van der Waals surface area contributed by atoms with E-state index in [2.05, 4.69) is 0 Å². The Morgan fingerprint density at radius 3 is 2.15 bits per heavy atom. The van der Waals surface area contributed by atoms with Gasteiger partial charge in [-0.25, -0.2) is 4.79 Å². The molecule has 1 rings (SSSR count). The molecule has 0 saturated heterocycles. The van der Waals surface area contributed by atoms with Crippen LogP contribution in [-0.4, -0.2) is 33.4 Å². The van der Waals surface area contributed by atoms with E-state index in [0.29, 0.717) is 36.0 Å². The molecule has 1 aromatic rings. The van der Waals surface area contributed by atoms with Crippen molar-refractivity contribution in [3.05, 3.63) is 17.7 Å². The minimum atomic E-state index is -0.391. The molecule has 1 aromatic carbocycles. The van der Waals surface area contributed by atoms with Crippen LogP contribution >= 0.6 is 0 Å². The average molecular weight is 282 g/mol. The minimum Gasteiger partial charge on any atom is -0.493 e. The highest BCUT2D eigenvalue weighted by Gasteiger charge is 2.18. The molecule has 0 spiro atoms. The molecule has 0 atom stereocenters. The Kier molecular flexibility index (Phi) is 6.70. The predicted octanol–water partition coefficient (Wildman–Crippen LogP) is 3.06. The molecule has 0 N–H and O–H groups in total. The quantitative estimate of drug-likeness (QED) is 0.542. The van der Waals surface area contributed by atoms with E-state index in [1.165, 1.54) is 14.2 Å². The maximum absolute atomic E-state index is 12.0. The summed E-state index contributed by atoms with van der Waals surface area (Å²) in [7, 11) is 3.03. The van der Waals surface area contributed by atoms with Gasteiger partial charge in [0.05, 0.1) is 33.0 Å². The van der Waals surface area contributed by atoms with Crippen molar-refractivity contribution in [1.82, 2.24) is 0 Å². The molecule has 0 aliphatic carbocycles. The number of carbonyl (C=O) groups is 1. The second kappa shape index (κ2) is 8.30. The number of unbranched alkanes of at least 4 members (excludes halogenated alkanes) is 1. The van der Waals surface area contributed by atoms with Crippen LogP contribution in [0.2, 0.25) is 0 Å². The van der Waals surface area contributed by atoms with Crippen LogP contribution in [0.3, 0.4) is 0 Å². The zero-order valence-electron chi connectivity index (χ0n) is 12.5. The Labute approximate surface area is 119 Å². The molecule has 5 heteroatoms. The van der Waals surface area contributed by atoms with Crippen molar-refractivity contribution in [1.29, 1.82) is 0 Å². The van der Waals surface area contributed by atoms with E-state index in [-0.39, 0.29) is 0 Å². The Balaban J connectivity index is 3.00. The second-order valence-electron chi connectivity index (χ2n) is 4.13. The lowest BCUT2D eigenvalue weighted by molar-refractivity contribution is 0.0499. The molecule has 0 aliphatic rings. The van der Waals surface area contributed by atoms with Gasteiger partial charge in [-0.15, -0.1) is 0 Å². The molecule has 0 unspecified atom stereocenters. The maximum atomic E-state index is 12.0. The Bertz CT molecular complexity index is 417. The molecule has 0 radical (unpaired) electrons. The van der Waals surface area contributed by atoms with E-state index in [4.69, 9.17) is 18.9 Å². The van der Waals surface area contributed by atoms with E-state index in [1.54, 1.807) is 12.1 Å². The standard InChI is InChI=1S/C15H22O5/c1-5-7-8-20-15(16)11-9-12(17-3)14(19-6-2)13(10-11)18-4/h9-10H,5-8H2,1-4H3. The van der Waals surface area contributed by atoms with Crippen LogP contribution in [0.4, 0.5) is 0 Å². The number of benzene rings is 1. The van der Waals surface area contributed by atoms with Crippen LogP contribution in [0.5, 0.6) is 17.2 Å². The lowest BCUT2D eigenvalue weighted by atomic mass is 10.2. The van der Waals surface area contributed by atoms with Gasteiger partial charge in [0.15, 0.2) is 11.5 Å². The number of hydrogen-bond acceptors (Lipinski definition) is 5. The van der Waals surface area contributed by atoms with Gasteiger partial charge in [0.2, 0.25) is 5.75 Å². The average Bonchev–Trinajstić information content (AvgIpc) is 2.47. The SMILES string of the molecule is CCCCOC(=O)c1cc(OC)c(OCC)c(OC)c1. The summed E-state index contributed by atoms with van der Waals surface area (Å²) in [6, 6.07) is 3.20. The lowest BCUT2D eigenvalue weighted by Crippen LogP contribution is -2.08. The molecule has 0 heterocycles. The first-order chi connectivity index (χ1) is 9.67. The zero-order chi connectivity index (χ0) is 15.0. The summed E-state index contributed by atoms with van der Waals surface area (Å²) in [6.45, 7) is 4.79. The first kappa shape index (κ1) is 16.1. The van der Waals surface area contributed by atoms with Crippen molar-refractivity contribution >= 4 is 5.97 Å². The number of ether oxygens (including phenoxy) is 4. The molecule has 5 nitrogen and oxygen atoms in total. The molecule has 20 heavy (non-hydrogen) atoms. The van der Waals surface area contributed by atoms with Crippen molar-refractivity contribution in [2.75, 3.05) is 27.4 Å². The molecule has 0 amide bonds. The first-order valence-corrected chi connectivity index (χ1v) is 6.73. The van der Waals surface area contributed by atoms with Gasteiger partial charge in [-0.1, -0.05) is 13.3 Å². The van der Waals surface area contributed by atoms with Crippen molar-refractivity contribution in [2.45, 2.75) is 26.7 Å². The van der Waals surface area contributed by atoms with E-state index < -0.39 is 5.97 Å². The number of esters is 1. The van der Waals surface area contributed by atoms with Crippen LogP contribution in [0.1, 0.15) is 37.0 Å². The third-order valence-corrected chi connectivity index (χ3v) is 2.72. The topological polar surface area (TPSA) is 54.0 Å². The van der Waals surface area contributed by atoms with Gasteiger partial charge in [0, 0.05) is 0 Å².